The molecule has 0 bridgehead atoms. The Balaban J connectivity index is 1.62. The van der Waals surface area contributed by atoms with Gasteiger partial charge in [-0.3, -0.25) is 4.79 Å². The maximum absolute atomic E-state index is 13.0. The highest BCUT2D eigenvalue weighted by Gasteiger charge is 2.32. The number of nitrogens with one attached hydrogen (secondary N) is 3. The van der Waals surface area contributed by atoms with Crippen LogP contribution in [0.5, 0.6) is 0 Å². The second-order valence-electron chi connectivity index (χ2n) is 7.02. The van der Waals surface area contributed by atoms with Crippen molar-refractivity contribution in [1.82, 2.24) is 14.9 Å². The smallest absolute Gasteiger partial charge is 0.351 e. The van der Waals surface area contributed by atoms with Crippen molar-refractivity contribution in [3.63, 3.8) is 0 Å². The number of nitrogens with zero attached hydrogens (tertiary/aromatic N) is 3. The van der Waals surface area contributed by atoms with Gasteiger partial charge in [-0.05, 0) is 51.2 Å². The molecule has 10 heteroatoms. The Kier molecular flexibility index (Phi) is 4.58. The van der Waals surface area contributed by atoms with Gasteiger partial charge >= 0.3 is 6.18 Å². The second kappa shape index (κ2) is 6.93. The summed E-state index contributed by atoms with van der Waals surface area (Å²) in [5, 5.41) is 8.68. The molecule has 4 rings (SSSR count). The first-order valence-corrected chi connectivity index (χ1v) is 8.91. The van der Waals surface area contributed by atoms with E-state index >= 15 is 0 Å². The average Bonchev–Trinajstić information content (AvgIpc) is 2.77. The van der Waals surface area contributed by atoms with E-state index in [9.17, 15) is 18.0 Å². The fraction of sp³-hybridized carbons (Fsp3) is 0.389. The monoisotopic (exact) mass is 392 g/mol. The van der Waals surface area contributed by atoms with Crippen molar-refractivity contribution in [2.75, 3.05) is 36.1 Å². The van der Waals surface area contributed by atoms with Crippen LogP contribution >= 0.6 is 0 Å². The lowest BCUT2D eigenvalue weighted by Gasteiger charge is -2.29. The number of halogens is 3. The number of piperidine rings is 1. The minimum absolute atomic E-state index is 0.130. The molecule has 7 nitrogen and oxygen atoms in total. The van der Waals surface area contributed by atoms with Crippen molar-refractivity contribution in [1.29, 1.82) is 0 Å². The molecule has 0 aliphatic carbocycles. The van der Waals surface area contributed by atoms with E-state index in [4.69, 9.17) is 0 Å². The second-order valence-corrected chi connectivity index (χ2v) is 7.02. The van der Waals surface area contributed by atoms with Crippen molar-refractivity contribution in [3.8, 4) is 0 Å². The van der Waals surface area contributed by atoms with Crippen molar-refractivity contribution in [3.05, 3.63) is 35.5 Å². The number of anilines is 4. The molecule has 1 amide bonds. The van der Waals surface area contributed by atoms with E-state index in [0.717, 1.165) is 38.1 Å². The highest BCUT2D eigenvalue weighted by Crippen LogP contribution is 2.37. The normalized spacial score (nSPS) is 17.8. The van der Waals surface area contributed by atoms with Gasteiger partial charge in [0.15, 0.2) is 0 Å². The summed E-state index contributed by atoms with van der Waals surface area (Å²) in [6.45, 7) is 1.91. The SMILES string of the molecule is CN1CCC(Nc2ncc3c(n2)Nc2cc(C(F)(F)F)ccc2NC3=O)CC1. The number of aromatic nitrogens is 2. The summed E-state index contributed by atoms with van der Waals surface area (Å²) < 4.78 is 39.1. The summed E-state index contributed by atoms with van der Waals surface area (Å²) in [5.74, 6) is 0.0249. The summed E-state index contributed by atoms with van der Waals surface area (Å²) in [4.78, 5) is 23.2. The Morgan fingerprint density at radius 2 is 1.93 bits per heavy atom. The number of likely N-dealkylation sites (tertiary alicyclic amines) is 1. The summed E-state index contributed by atoms with van der Waals surface area (Å²) >= 11 is 0. The highest BCUT2D eigenvalue weighted by molar-refractivity contribution is 6.11. The van der Waals surface area contributed by atoms with E-state index in [2.05, 4.69) is 37.9 Å². The van der Waals surface area contributed by atoms with Crippen molar-refractivity contribution >= 4 is 29.0 Å². The quantitative estimate of drug-likeness (QED) is 0.728. The fourth-order valence-corrected chi connectivity index (χ4v) is 3.30. The molecule has 28 heavy (non-hydrogen) atoms. The molecule has 1 aromatic carbocycles. The molecule has 0 atom stereocenters. The topological polar surface area (TPSA) is 82.2 Å². The molecule has 0 radical (unpaired) electrons. The van der Waals surface area contributed by atoms with E-state index in [0.29, 0.717) is 5.95 Å². The molecule has 2 aromatic rings. The van der Waals surface area contributed by atoms with Crippen molar-refractivity contribution in [2.24, 2.45) is 0 Å². The number of hydrogen-bond donors (Lipinski definition) is 3. The van der Waals surface area contributed by atoms with Gasteiger partial charge in [-0.2, -0.15) is 18.2 Å². The Bertz CT molecular complexity index is 909. The predicted molar refractivity (Wildman–Crippen MR) is 98.9 cm³/mol. The summed E-state index contributed by atoms with van der Waals surface area (Å²) in [5.41, 5.74) is -0.263. The molecule has 2 aliphatic heterocycles. The van der Waals surface area contributed by atoms with Crippen LogP contribution in [-0.2, 0) is 6.18 Å². The lowest BCUT2D eigenvalue weighted by molar-refractivity contribution is -0.137. The standard InChI is InChI=1S/C18H19F3N6O/c1-27-6-4-11(5-7-27)23-17-22-9-12-15(26-17)24-14-8-10(18(19,20)21)2-3-13(14)25-16(12)28/h2-3,8-9,11H,4-7H2,1H3,(H,25,28)(H2,22,23,24,26). The third kappa shape index (κ3) is 3.72. The summed E-state index contributed by atoms with van der Waals surface area (Å²) in [6.07, 6.45) is -1.24. The lowest BCUT2D eigenvalue weighted by Crippen LogP contribution is -2.37. The molecule has 1 aromatic heterocycles. The third-order valence-electron chi connectivity index (χ3n) is 4.93. The first kappa shape index (κ1) is 18.5. The van der Waals surface area contributed by atoms with Gasteiger partial charge in [-0.1, -0.05) is 0 Å². The molecule has 2 aliphatic rings. The minimum Gasteiger partial charge on any atom is -0.351 e. The van der Waals surface area contributed by atoms with Crippen LogP contribution in [0.2, 0.25) is 0 Å². The molecule has 0 saturated carbocycles. The first-order valence-electron chi connectivity index (χ1n) is 8.91. The Labute approximate surface area is 159 Å². The average molecular weight is 392 g/mol. The van der Waals surface area contributed by atoms with Crippen LogP contribution in [0, 0.1) is 0 Å². The van der Waals surface area contributed by atoms with Crippen molar-refractivity contribution < 1.29 is 18.0 Å². The van der Waals surface area contributed by atoms with Gasteiger partial charge in [-0.15, -0.1) is 0 Å². The van der Waals surface area contributed by atoms with Gasteiger partial charge in [0.2, 0.25) is 5.95 Å². The van der Waals surface area contributed by atoms with Gasteiger partial charge in [-0.25, -0.2) is 4.98 Å². The molecule has 3 heterocycles. The van der Waals surface area contributed by atoms with E-state index in [1.54, 1.807) is 0 Å². The number of amides is 1. The summed E-state index contributed by atoms with van der Waals surface area (Å²) in [7, 11) is 2.06. The van der Waals surface area contributed by atoms with Gasteiger partial charge in [0.05, 0.1) is 16.9 Å². The zero-order valence-electron chi connectivity index (χ0n) is 15.1. The van der Waals surface area contributed by atoms with Crippen molar-refractivity contribution in [2.45, 2.75) is 25.1 Å². The van der Waals surface area contributed by atoms with Crippen LogP contribution < -0.4 is 16.0 Å². The fourth-order valence-electron chi connectivity index (χ4n) is 3.30. The summed E-state index contributed by atoms with van der Waals surface area (Å²) in [6, 6.07) is 3.31. The maximum atomic E-state index is 13.0. The number of rotatable bonds is 2. The Morgan fingerprint density at radius 3 is 2.64 bits per heavy atom. The molecule has 1 fully saturated rings. The predicted octanol–water partition coefficient (Wildman–Crippen LogP) is 3.31. The first-order chi connectivity index (χ1) is 13.3. The van der Waals surface area contributed by atoms with E-state index in [1.165, 1.54) is 12.3 Å². The van der Waals surface area contributed by atoms with Crippen LogP contribution in [0.3, 0.4) is 0 Å². The zero-order valence-corrected chi connectivity index (χ0v) is 15.1. The van der Waals surface area contributed by atoms with Gasteiger partial charge < -0.3 is 20.9 Å². The number of fused-ring (bicyclic) bond motifs is 2. The third-order valence-corrected chi connectivity index (χ3v) is 4.93. The molecule has 148 valence electrons. The van der Waals surface area contributed by atoms with Gasteiger partial charge in [0.25, 0.3) is 5.91 Å². The van der Waals surface area contributed by atoms with Gasteiger partial charge in [0.1, 0.15) is 11.4 Å². The van der Waals surface area contributed by atoms with E-state index in [1.807, 2.05) is 0 Å². The number of benzene rings is 1. The molecule has 1 saturated heterocycles. The van der Waals surface area contributed by atoms with E-state index < -0.39 is 17.6 Å². The minimum atomic E-state index is -4.48. The number of carbonyl (C=O) groups is 1. The molecular formula is C18H19F3N6O. The van der Waals surface area contributed by atoms with Crippen LogP contribution in [0.4, 0.5) is 36.3 Å². The molecular weight excluding hydrogens is 373 g/mol. The number of carbonyl (C=O) groups excluding carboxylic acids is 1. The molecule has 3 N–H and O–H groups in total. The highest BCUT2D eigenvalue weighted by atomic mass is 19.4. The van der Waals surface area contributed by atoms with Gasteiger partial charge in [0, 0.05) is 12.2 Å². The number of alkyl halides is 3. The van der Waals surface area contributed by atoms with Crippen LogP contribution in [0.1, 0.15) is 28.8 Å². The van der Waals surface area contributed by atoms with Crippen LogP contribution in [0.15, 0.2) is 24.4 Å². The van der Waals surface area contributed by atoms with E-state index in [-0.39, 0.29) is 28.8 Å². The van der Waals surface area contributed by atoms with Crippen LogP contribution in [0.25, 0.3) is 0 Å². The zero-order chi connectivity index (χ0) is 19.9. The number of hydrogen-bond acceptors (Lipinski definition) is 6. The Morgan fingerprint density at radius 1 is 1.18 bits per heavy atom. The Hall–Kier alpha value is -2.88. The molecule has 0 unspecified atom stereocenters. The van der Waals surface area contributed by atoms with Crippen LogP contribution in [-0.4, -0.2) is 47.0 Å². The largest absolute Gasteiger partial charge is 0.416 e. The maximum Gasteiger partial charge on any atom is 0.416 e. The molecule has 0 spiro atoms. The lowest BCUT2D eigenvalue weighted by atomic mass is 10.1.